The number of thiophene rings is 1. The Morgan fingerprint density at radius 2 is 2.26 bits per heavy atom. The molecular formula is C14H23BrN2OS. The highest BCUT2D eigenvalue weighted by Crippen LogP contribution is 2.20. The van der Waals surface area contributed by atoms with Gasteiger partial charge >= 0.3 is 0 Å². The molecule has 0 bridgehead atoms. The monoisotopic (exact) mass is 346 g/mol. The van der Waals surface area contributed by atoms with Gasteiger partial charge in [-0.15, -0.1) is 11.3 Å². The summed E-state index contributed by atoms with van der Waals surface area (Å²) in [5.74, 6) is 0.786. The molecule has 3 nitrogen and oxygen atoms in total. The van der Waals surface area contributed by atoms with Gasteiger partial charge in [0.05, 0.1) is 6.10 Å². The molecule has 0 aromatic carbocycles. The van der Waals surface area contributed by atoms with Gasteiger partial charge in [-0.25, -0.2) is 0 Å². The van der Waals surface area contributed by atoms with E-state index in [2.05, 4.69) is 37.6 Å². The number of hydrogen-bond donors (Lipinski definition) is 2. The van der Waals surface area contributed by atoms with Crippen molar-refractivity contribution < 1.29 is 5.11 Å². The van der Waals surface area contributed by atoms with Gasteiger partial charge in [0.25, 0.3) is 0 Å². The zero-order chi connectivity index (χ0) is 13.7. The SMILES string of the molecule is C[C@H](O)CN1CCC(CNCc2cc(Br)cs2)CC1. The van der Waals surface area contributed by atoms with Crippen molar-refractivity contribution in [2.45, 2.75) is 32.4 Å². The maximum Gasteiger partial charge on any atom is 0.0639 e. The van der Waals surface area contributed by atoms with Crippen molar-refractivity contribution >= 4 is 27.3 Å². The minimum Gasteiger partial charge on any atom is -0.392 e. The molecule has 0 aliphatic carbocycles. The molecule has 0 unspecified atom stereocenters. The Morgan fingerprint density at radius 3 is 2.84 bits per heavy atom. The van der Waals surface area contributed by atoms with Crippen LogP contribution in [0.3, 0.4) is 0 Å². The highest BCUT2D eigenvalue weighted by molar-refractivity contribution is 9.10. The van der Waals surface area contributed by atoms with Crippen molar-refractivity contribution in [3.05, 3.63) is 20.8 Å². The van der Waals surface area contributed by atoms with Crippen LogP contribution in [0.15, 0.2) is 15.9 Å². The Bertz CT molecular complexity index is 375. The second kappa shape index (κ2) is 7.74. The molecule has 0 radical (unpaired) electrons. The molecule has 2 heterocycles. The van der Waals surface area contributed by atoms with Gasteiger partial charge in [-0.3, -0.25) is 0 Å². The Hall–Kier alpha value is 0.0600. The van der Waals surface area contributed by atoms with Gasteiger partial charge in [-0.1, -0.05) is 0 Å². The smallest absolute Gasteiger partial charge is 0.0639 e. The molecule has 5 heteroatoms. The molecule has 0 amide bonds. The summed E-state index contributed by atoms with van der Waals surface area (Å²) in [5, 5.41) is 15.1. The summed E-state index contributed by atoms with van der Waals surface area (Å²) in [6.07, 6.45) is 2.29. The van der Waals surface area contributed by atoms with Crippen LogP contribution < -0.4 is 5.32 Å². The third-order valence-corrected chi connectivity index (χ3v) is 5.28. The van der Waals surface area contributed by atoms with Gasteiger partial charge < -0.3 is 15.3 Å². The lowest BCUT2D eigenvalue weighted by atomic mass is 9.96. The van der Waals surface area contributed by atoms with E-state index in [4.69, 9.17) is 0 Å². The van der Waals surface area contributed by atoms with Gasteiger partial charge in [0.2, 0.25) is 0 Å². The van der Waals surface area contributed by atoms with Crippen LogP contribution in [-0.4, -0.2) is 42.3 Å². The summed E-state index contributed by atoms with van der Waals surface area (Å²) in [6.45, 7) is 7.03. The number of piperidine rings is 1. The highest BCUT2D eigenvalue weighted by atomic mass is 79.9. The molecule has 1 aromatic rings. The fourth-order valence-electron chi connectivity index (χ4n) is 2.59. The normalized spacial score (nSPS) is 19.7. The lowest BCUT2D eigenvalue weighted by molar-refractivity contribution is 0.0998. The highest BCUT2D eigenvalue weighted by Gasteiger charge is 2.19. The third kappa shape index (κ3) is 5.52. The van der Waals surface area contributed by atoms with Crippen LogP contribution in [0.4, 0.5) is 0 Å². The van der Waals surface area contributed by atoms with E-state index in [9.17, 15) is 5.11 Å². The van der Waals surface area contributed by atoms with E-state index in [1.807, 2.05) is 6.92 Å². The van der Waals surface area contributed by atoms with Crippen molar-refractivity contribution in [1.82, 2.24) is 10.2 Å². The van der Waals surface area contributed by atoms with Crippen LogP contribution in [0, 0.1) is 5.92 Å². The predicted molar refractivity (Wildman–Crippen MR) is 84.6 cm³/mol. The maximum absolute atomic E-state index is 9.38. The summed E-state index contributed by atoms with van der Waals surface area (Å²) in [5.41, 5.74) is 0. The first-order valence-corrected chi connectivity index (χ1v) is 8.65. The molecule has 1 atom stereocenters. The average molecular weight is 347 g/mol. The molecule has 0 spiro atoms. The molecule has 19 heavy (non-hydrogen) atoms. The first-order chi connectivity index (χ1) is 9.13. The Labute approximate surface area is 128 Å². The Morgan fingerprint density at radius 1 is 1.53 bits per heavy atom. The molecule has 0 saturated carbocycles. The van der Waals surface area contributed by atoms with Crippen molar-refractivity contribution in [3.8, 4) is 0 Å². The zero-order valence-electron chi connectivity index (χ0n) is 11.4. The summed E-state index contributed by atoms with van der Waals surface area (Å²) < 4.78 is 1.18. The predicted octanol–water partition coefficient (Wildman–Crippen LogP) is 2.69. The maximum atomic E-state index is 9.38. The quantitative estimate of drug-likeness (QED) is 0.831. The van der Waals surface area contributed by atoms with E-state index in [-0.39, 0.29) is 6.10 Å². The summed E-state index contributed by atoms with van der Waals surface area (Å²) in [7, 11) is 0. The zero-order valence-corrected chi connectivity index (χ0v) is 13.8. The molecule has 1 aliphatic heterocycles. The van der Waals surface area contributed by atoms with Crippen molar-refractivity contribution in [1.29, 1.82) is 0 Å². The lowest BCUT2D eigenvalue weighted by Gasteiger charge is -2.32. The van der Waals surface area contributed by atoms with Gasteiger partial charge in [0.1, 0.15) is 0 Å². The van der Waals surface area contributed by atoms with Gasteiger partial charge in [-0.2, -0.15) is 0 Å². The standard InChI is InChI=1S/C14H23BrN2OS/c1-11(18)9-17-4-2-12(3-5-17)7-16-8-14-6-13(15)10-19-14/h6,10-12,16,18H,2-5,7-9H2,1H3/t11-/m0/s1. The molecule has 1 fully saturated rings. The minimum atomic E-state index is -0.202. The average Bonchev–Trinajstić information content (AvgIpc) is 2.77. The third-order valence-electron chi connectivity index (χ3n) is 3.58. The Kier molecular flexibility index (Phi) is 6.29. The van der Waals surface area contributed by atoms with E-state index in [0.29, 0.717) is 0 Å². The van der Waals surface area contributed by atoms with Crippen molar-refractivity contribution in [2.75, 3.05) is 26.2 Å². The largest absolute Gasteiger partial charge is 0.392 e. The van der Waals surface area contributed by atoms with Crippen molar-refractivity contribution in [2.24, 2.45) is 5.92 Å². The topological polar surface area (TPSA) is 35.5 Å². The Balaban J connectivity index is 1.60. The van der Waals surface area contributed by atoms with Gasteiger partial charge in [0, 0.05) is 27.8 Å². The van der Waals surface area contributed by atoms with E-state index in [1.165, 1.54) is 22.2 Å². The van der Waals surface area contributed by atoms with Gasteiger partial charge in [-0.05, 0) is 67.3 Å². The number of aliphatic hydroxyl groups excluding tert-OH is 1. The van der Waals surface area contributed by atoms with E-state index < -0.39 is 0 Å². The van der Waals surface area contributed by atoms with Crippen LogP contribution in [-0.2, 0) is 6.54 Å². The number of nitrogens with one attached hydrogen (secondary N) is 1. The summed E-state index contributed by atoms with van der Waals surface area (Å²) in [4.78, 5) is 3.76. The minimum absolute atomic E-state index is 0.202. The number of likely N-dealkylation sites (tertiary alicyclic amines) is 1. The van der Waals surface area contributed by atoms with E-state index in [1.54, 1.807) is 11.3 Å². The second-order valence-corrected chi connectivity index (χ2v) is 7.37. The molecule has 1 aliphatic rings. The number of nitrogens with zero attached hydrogens (tertiary/aromatic N) is 1. The fourth-order valence-corrected chi connectivity index (χ4v) is 4.01. The molecule has 1 aromatic heterocycles. The number of rotatable bonds is 6. The molecule has 108 valence electrons. The number of aliphatic hydroxyl groups is 1. The molecule has 2 rings (SSSR count). The van der Waals surface area contributed by atoms with Crippen LogP contribution in [0.5, 0.6) is 0 Å². The molecular weight excluding hydrogens is 324 g/mol. The van der Waals surface area contributed by atoms with Gasteiger partial charge in [0.15, 0.2) is 0 Å². The second-order valence-electron chi connectivity index (χ2n) is 5.46. The molecule has 2 N–H and O–H groups in total. The first kappa shape index (κ1) is 15.4. The molecule has 1 saturated heterocycles. The number of hydrogen-bond acceptors (Lipinski definition) is 4. The van der Waals surface area contributed by atoms with Crippen LogP contribution in [0.2, 0.25) is 0 Å². The van der Waals surface area contributed by atoms with Crippen LogP contribution in [0.25, 0.3) is 0 Å². The number of β-amino-alcohol motifs (C(OH)–C–C–N with tert-alkyl or cyclic N) is 1. The van der Waals surface area contributed by atoms with Crippen LogP contribution >= 0.6 is 27.3 Å². The fraction of sp³-hybridized carbons (Fsp3) is 0.714. The van der Waals surface area contributed by atoms with E-state index >= 15 is 0 Å². The van der Waals surface area contributed by atoms with Crippen LogP contribution in [0.1, 0.15) is 24.6 Å². The first-order valence-electron chi connectivity index (χ1n) is 6.97. The van der Waals surface area contributed by atoms with Crippen molar-refractivity contribution in [3.63, 3.8) is 0 Å². The summed E-state index contributed by atoms with van der Waals surface area (Å²) in [6, 6.07) is 2.18. The van der Waals surface area contributed by atoms with E-state index in [0.717, 1.165) is 38.6 Å². The lowest BCUT2D eigenvalue weighted by Crippen LogP contribution is -2.40. The summed E-state index contributed by atoms with van der Waals surface area (Å²) >= 11 is 5.28. The number of halogens is 1.